The minimum absolute atomic E-state index is 0.130. The Kier molecular flexibility index (Phi) is 3.20. The lowest BCUT2D eigenvalue weighted by atomic mass is 10.1. The molecule has 24 heavy (non-hydrogen) atoms. The molecule has 0 saturated carbocycles. The highest BCUT2D eigenvalue weighted by atomic mass is 16.6. The lowest BCUT2D eigenvalue weighted by Gasteiger charge is -2.36. The normalized spacial score (nSPS) is 23.6. The number of aromatic nitrogens is 4. The van der Waals surface area contributed by atoms with Crippen molar-refractivity contribution in [3.8, 4) is 11.4 Å². The number of hydrogen-bond acceptors (Lipinski definition) is 6. The van der Waals surface area contributed by atoms with Gasteiger partial charge in [-0.05, 0) is 12.1 Å². The average molecular weight is 323 g/mol. The Morgan fingerprint density at radius 3 is 2.83 bits per heavy atom. The van der Waals surface area contributed by atoms with Crippen molar-refractivity contribution in [3.05, 3.63) is 42.5 Å². The summed E-state index contributed by atoms with van der Waals surface area (Å²) in [5.74, 6) is 1.66. The topological polar surface area (TPSA) is 64.8 Å². The molecule has 5 rings (SSSR count). The molecule has 0 radical (unpaired) electrons. The number of hydrogen-bond donors (Lipinski definition) is 0. The van der Waals surface area contributed by atoms with Crippen LogP contribution in [-0.2, 0) is 9.47 Å². The van der Waals surface area contributed by atoms with E-state index in [2.05, 4.69) is 15.1 Å². The number of fused-ring (bicyclic) bond motifs is 2. The SMILES string of the molecule is c1ccc(-c2nnc3ccc(N4CCO[C@H]5COC[C@H]54)nn23)cc1. The maximum Gasteiger partial charge on any atom is 0.185 e. The molecule has 0 N–H and O–H groups in total. The van der Waals surface area contributed by atoms with E-state index in [1.165, 1.54) is 0 Å². The van der Waals surface area contributed by atoms with Gasteiger partial charge in [-0.2, -0.15) is 4.52 Å². The largest absolute Gasteiger partial charge is 0.376 e. The Hall–Kier alpha value is -2.51. The summed E-state index contributed by atoms with van der Waals surface area (Å²) in [6.07, 6.45) is 0.130. The quantitative estimate of drug-likeness (QED) is 0.710. The second-order valence-corrected chi connectivity index (χ2v) is 6.06. The predicted octanol–water partition coefficient (Wildman–Crippen LogP) is 1.40. The van der Waals surface area contributed by atoms with Gasteiger partial charge >= 0.3 is 0 Å². The molecule has 0 bridgehead atoms. The van der Waals surface area contributed by atoms with Crippen LogP contribution in [0.25, 0.3) is 17.0 Å². The molecule has 0 amide bonds. The van der Waals surface area contributed by atoms with Crippen molar-refractivity contribution in [2.45, 2.75) is 12.1 Å². The van der Waals surface area contributed by atoms with E-state index >= 15 is 0 Å². The maximum absolute atomic E-state index is 5.79. The maximum atomic E-state index is 5.79. The van der Waals surface area contributed by atoms with E-state index in [-0.39, 0.29) is 12.1 Å². The molecule has 2 fully saturated rings. The molecule has 0 aliphatic carbocycles. The first-order valence-corrected chi connectivity index (χ1v) is 8.14. The smallest absolute Gasteiger partial charge is 0.185 e. The van der Waals surface area contributed by atoms with Crippen LogP contribution < -0.4 is 4.90 Å². The van der Waals surface area contributed by atoms with Crippen molar-refractivity contribution in [2.24, 2.45) is 0 Å². The highest BCUT2D eigenvalue weighted by Gasteiger charge is 2.38. The van der Waals surface area contributed by atoms with Crippen LogP contribution >= 0.6 is 0 Å². The highest BCUT2D eigenvalue weighted by molar-refractivity contribution is 5.59. The third-order valence-corrected chi connectivity index (χ3v) is 4.64. The molecular weight excluding hydrogens is 306 g/mol. The zero-order valence-corrected chi connectivity index (χ0v) is 13.1. The van der Waals surface area contributed by atoms with Gasteiger partial charge in [0.2, 0.25) is 0 Å². The first-order chi connectivity index (χ1) is 11.9. The minimum Gasteiger partial charge on any atom is -0.376 e. The van der Waals surface area contributed by atoms with Gasteiger partial charge in [0.25, 0.3) is 0 Å². The number of ether oxygens (including phenoxy) is 2. The Morgan fingerprint density at radius 1 is 1.00 bits per heavy atom. The number of rotatable bonds is 2. The van der Waals surface area contributed by atoms with E-state index in [0.717, 1.165) is 29.4 Å². The highest BCUT2D eigenvalue weighted by Crippen LogP contribution is 2.26. The Bertz CT molecular complexity index is 866. The summed E-state index contributed by atoms with van der Waals surface area (Å²) >= 11 is 0. The van der Waals surface area contributed by atoms with E-state index in [1.54, 1.807) is 0 Å². The van der Waals surface area contributed by atoms with Crippen LogP contribution in [0.5, 0.6) is 0 Å². The van der Waals surface area contributed by atoms with Gasteiger partial charge in [-0.25, -0.2) is 0 Å². The number of benzene rings is 1. The molecule has 3 aromatic rings. The molecule has 2 saturated heterocycles. The first-order valence-electron chi connectivity index (χ1n) is 8.14. The first kappa shape index (κ1) is 13.9. The van der Waals surface area contributed by atoms with Gasteiger partial charge < -0.3 is 14.4 Å². The lowest BCUT2D eigenvalue weighted by molar-refractivity contribution is 0.0221. The fourth-order valence-electron chi connectivity index (χ4n) is 3.43. The molecule has 122 valence electrons. The van der Waals surface area contributed by atoms with Gasteiger partial charge in [-0.1, -0.05) is 30.3 Å². The summed E-state index contributed by atoms with van der Waals surface area (Å²) in [5.41, 5.74) is 1.74. The minimum atomic E-state index is 0.130. The summed E-state index contributed by atoms with van der Waals surface area (Å²) < 4.78 is 13.2. The lowest BCUT2D eigenvalue weighted by Crippen LogP contribution is -2.51. The third kappa shape index (κ3) is 2.16. The van der Waals surface area contributed by atoms with Crippen LogP contribution in [-0.4, -0.2) is 58.3 Å². The third-order valence-electron chi connectivity index (χ3n) is 4.64. The van der Waals surface area contributed by atoms with Crippen LogP contribution in [0.3, 0.4) is 0 Å². The molecular formula is C17H17N5O2. The van der Waals surface area contributed by atoms with Gasteiger partial charge in [0.15, 0.2) is 11.5 Å². The van der Waals surface area contributed by atoms with Crippen molar-refractivity contribution < 1.29 is 9.47 Å². The van der Waals surface area contributed by atoms with Gasteiger partial charge in [0.05, 0.1) is 25.9 Å². The Balaban J connectivity index is 1.58. The van der Waals surface area contributed by atoms with Crippen LogP contribution in [0.4, 0.5) is 5.82 Å². The molecule has 4 heterocycles. The second kappa shape index (κ2) is 5.54. The fourth-order valence-corrected chi connectivity index (χ4v) is 3.43. The predicted molar refractivity (Wildman–Crippen MR) is 87.9 cm³/mol. The second-order valence-electron chi connectivity index (χ2n) is 6.06. The zero-order chi connectivity index (χ0) is 15.9. The Labute approximate surface area is 138 Å². The van der Waals surface area contributed by atoms with Crippen LogP contribution in [0.1, 0.15) is 0 Å². The van der Waals surface area contributed by atoms with Gasteiger partial charge in [-0.15, -0.1) is 15.3 Å². The molecule has 7 heteroatoms. The summed E-state index contributed by atoms with van der Waals surface area (Å²) in [4.78, 5) is 2.27. The van der Waals surface area contributed by atoms with Gasteiger partial charge in [-0.3, -0.25) is 0 Å². The Morgan fingerprint density at radius 2 is 1.92 bits per heavy atom. The molecule has 2 aliphatic heterocycles. The van der Waals surface area contributed by atoms with E-state index in [4.69, 9.17) is 14.6 Å². The fraction of sp³-hybridized carbons (Fsp3) is 0.353. The number of anilines is 1. The van der Waals surface area contributed by atoms with Crippen molar-refractivity contribution in [1.29, 1.82) is 0 Å². The van der Waals surface area contributed by atoms with Crippen LogP contribution in [0.15, 0.2) is 42.5 Å². The van der Waals surface area contributed by atoms with E-state index in [1.807, 2.05) is 47.0 Å². The summed E-state index contributed by atoms with van der Waals surface area (Å²) in [6, 6.07) is 14.2. The molecule has 1 aromatic carbocycles. The number of nitrogens with zero attached hydrogens (tertiary/aromatic N) is 5. The van der Waals surface area contributed by atoms with Crippen molar-refractivity contribution >= 4 is 11.5 Å². The van der Waals surface area contributed by atoms with E-state index in [9.17, 15) is 0 Å². The molecule has 2 atom stereocenters. The van der Waals surface area contributed by atoms with E-state index in [0.29, 0.717) is 19.8 Å². The zero-order valence-electron chi connectivity index (χ0n) is 13.1. The number of morpholine rings is 1. The average Bonchev–Trinajstić information content (AvgIpc) is 3.28. The van der Waals surface area contributed by atoms with Crippen LogP contribution in [0.2, 0.25) is 0 Å². The summed E-state index contributed by atoms with van der Waals surface area (Å²) in [7, 11) is 0. The monoisotopic (exact) mass is 323 g/mol. The molecule has 0 spiro atoms. The molecule has 2 aliphatic rings. The standard InChI is InChI=1S/C17H17N5O2/c1-2-4-12(5-3-1)17-19-18-15-6-7-16(20-22(15)17)21-8-9-24-14-11-23-10-13(14)21/h1-7,13-14H,8-11H2/t13-,14+/m1/s1. The van der Waals surface area contributed by atoms with E-state index < -0.39 is 0 Å². The van der Waals surface area contributed by atoms with Crippen molar-refractivity contribution in [3.63, 3.8) is 0 Å². The van der Waals surface area contributed by atoms with Crippen molar-refractivity contribution in [1.82, 2.24) is 19.8 Å². The van der Waals surface area contributed by atoms with Gasteiger partial charge in [0.1, 0.15) is 11.9 Å². The van der Waals surface area contributed by atoms with Gasteiger partial charge in [0, 0.05) is 12.1 Å². The summed E-state index contributed by atoms with van der Waals surface area (Å²) in [6.45, 7) is 2.84. The molecule has 2 aromatic heterocycles. The summed E-state index contributed by atoms with van der Waals surface area (Å²) in [5, 5.41) is 13.3. The molecule has 7 nitrogen and oxygen atoms in total. The van der Waals surface area contributed by atoms with Crippen LogP contribution in [0, 0.1) is 0 Å². The molecule has 0 unspecified atom stereocenters. The van der Waals surface area contributed by atoms with Crippen molar-refractivity contribution in [2.75, 3.05) is 31.3 Å².